The third-order valence-electron chi connectivity index (χ3n) is 4.51. The van der Waals surface area contributed by atoms with Gasteiger partial charge in [0.15, 0.2) is 5.75 Å². The van der Waals surface area contributed by atoms with Gasteiger partial charge in [-0.3, -0.25) is 0 Å². The minimum absolute atomic E-state index is 0.288. The van der Waals surface area contributed by atoms with Gasteiger partial charge in [-0.25, -0.2) is 9.98 Å². The van der Waals surface area contributed by atoms with Crippen molar-refractivity contribution in [2.24, 2.45) is 10.9 Å². The summed E-state index contributed by atoms with van der Waals surface area (Å²) >= 11 is 1.72. The van der Waals surface area contributed by atoms with Crippen LogP contribution in [0.3, 0.4) is 0 Å². The van der Waals surface area contributed by atoms with E-state index in [-0.39, 0.29) is 6.04 Å². The Bertz CT molecular complexity index is 892. The molecule has 1 aromatic carbocycles. The molecule has 2 aliphatic rings. The molecule has 1 N–H and O–H groups in total. The van der Waals surface area contributed by atoms with Crippen LogP contribution < -0.4 is 10.1 Å². The summed E-state index contributed by atoms with van der Waals surface area (Å²) < 4.78 is 5.97. The van der Waals surface area contributed by atoms with Gasteiger partial charge in [0.25, 0.3) is 0 Å². The van der Waals surface area contributed by atoms with E-state index in [9.17, 15) is 0 Å². The van der Waals surface area contributed by atoms with E-state index in [1.54, 1.807) is 11.3 Å². The Labute approximate surface area is 152 Å². The maximum atomic E-state index is 5.97. The number of aromatic nitrogens is 1. The number of rotatable bonds is 4. The second-order valence-corrected chi connectivity index (χ2v) is 7.50. The molecule has 128 valence electrons. The topological polar surface area (TPSA) is 46.5 Å². The van der Waals surface area contributed by atoms with Crippen molar-refractivity contribution in [1.82, 2.24) is 10.3 Å². The molecule has 0 saturated heterocycles. The molecule has 0 bridgehead atoms. The monoisotopic (exact) mass is 351 g/mol. The molecule has 4 rings (SSSR count). The average molecular weight is 351 g/mol. The van der Waals surface area contributed by atoms with Gasteiger partial charge in [-0.05, 0) is 36.7 Å². The number of thiazole rings is 1. The van der Waals surface area contributed by atoms with E-state index >= 15 is 0 Å². The van der Waals surface area contributed by atoms with Crippen LogP contribution in [0.2, 0.25) is 0 Å². The third kappa shape index (κ3) is 3.05. The Balaban J connectivity index is 1.62. The fourth-order valence-electron chi connectivity index (χ4n) is 3.18. The van der Waals surface area contributed by atoms with Gasteiger partial charge in [0.05, 0.1) is 17.4 Å². The predicted octanol–water partition coefficient (Wildman–Crippen LogP) is 4.90. The van der Waals surface area contributed by atoms with Crippen molar-refractivity contribution < 1.29 is 4.74 Å². The van der Waals surface area contributed by atoms with Crippen LogP contribution in [0.1, 0.15) is 37.0 Å². The molecule has 1 aliphatic carbocycles. The standard InChI is InChI=1S/C20H21N3OS/c1-12(2)19(21-3)20-23-16(11-25-20)13-8-9-18-15(10-13)22-14-6-4-5-7-17(14)24-18/h4-9,11-12,19,21H,10H2,1-3H3/t19-/m1/s1. The van der Waals surface area contributed by atoms with Crippen LogP contribution in [-0.4, -0.2) is 17.7 Å². The number of nitrogens with one attached hydrogen (secondary N) is 1. The molecule has 0 radical (unpaired) electrons. The lowest BCUT2D eigenvalue weighted by atomic mass is 9.98. The van der Waals surface area contributed by atoms with Crippen molar-refractivity contribution in [3.05, 3.63) is 58.3 Å². The fourth-order valence-corrected chi connectivity index (χ4v) is 4.31. The van der Waals surface area contributed by atoms with E-state index in [0.717, 1.165) is 40.0 Å². The fraction of sp³-hybridized carbons (Fsp3) is 0.300. The zero-order valence-corrected chi connectivity index (χ0v) is 15.4. The highest BCUT2D eigenvalue weighted by Crippen LogP contribution is 2.38. The van der Waals surface area contributed by atoms with Gasteiger partial charge in [-0.1, -0.05) is 32.1 Å². The molecular formula is C20H21N3OS. The minimum Gasteiger partial charge on any atom is -0.453 e. The number of para-hydroxylation sites is 2. The average Bonchev–Trinajstić information content (AvgIpc) is 3.09. The van der Waals surface area contributed by atoms with Crippen LogP contribution in [-0.2, 0) is 0 Å². The molecule has 2 heterocycles. The molecule has 0 amide bonds. The molecule has 25 heavy (non-hydrogen) atoms. The van der Waals surface area contributed by atoms with Gasteiger partial charge in [0, 0.05) is 11.8 Å². The molecule has 0 spiro atoms. The Hall–Kier alpha value is -2.24. The first-order chi connectivity index (χ1) is 12.2. The summed E-state index contributed by atoms with van der Waals surface area (Å²) in [7, 11) is 1.99. The lowest BCUT2D eigenvalue weighted by molar-refractivity contribution is 0.441. The van der Waals surface area contributed by atoms with Crippen molar-refractivity contribution in [1.29, 1.82) is 0 Å². The lowest BCUT2D eigenvalue weighted by Crippen LogP contribution is -2.21. The number of hydrogen-bond acceptors (Lipinski definition) is 5. The van der Waals surface area contributed by atoms with Crippen molar-refractivity contribution in [2.75, 3.05) is 7.05 Å². The number of hydrogen-bond donors (Lipinski definition) is 1. The molecule has 1 atom stereocenters. The Morgan fingerprint density at radius 3 is 2.84 bits per heavy atom. The highest BCUT2D eigenvalue weighted by atomic mass is 32.1. The van der Waals surface area contributed by atoms with Crippen LogP contribution in [0.15, 0.2) is 52.5 Å². The first kappa shape index (κ1) is 16.2. The van der Waals surface area contributed by atoms with Crippen LogP contribution in [0.4, 0.5) is 5.69 Å². The van der Waals surface area contributed by atoms with Crippen molar-refractivity contribution in [3.8, 4) is 5.75 Å². The number of aliphatic imine (C=N–C) groups is 1. The molecule has 1 aromatic heterocycles. The van der Waals surface area contributed by atoms with Crippen LogP contribution in [0, 0.1) is 5.92 Å². The van der Waals surface area contributed by atoms with E-state index in [1.807, 2.05) is 37.4 Å². The van der Waals surface area contributed by atoms with Gasteiger partial charge in [-0.2, -0.15) is 0 Å². The second kappa shape index (κ2) is 6.58. The zero-order valence-electron chi connectivity index (χ0n) is 14.6. The van der Waals surface area contributed by atoms with Gasteiger partial charge in [-0.15, -0.1) is 11.3 Å². The maximum absolute atomic E-state index is 5.97. The summed E-state index contributed by atoms with van der Waals surface area (Å²) in [6.45, 7) is 4.42. The molecule has 4 nitrogen and oxygen atoms in total. The van der Waals surface area contributed by atoms with Gasteiger partial charge in [0.1, 0.15) is 16.5 Å². The Kier molecular flexibility index (Phi) is 4.27. The van der Waals surface area contributed by atoms with Crippen molar-refractivity contribution >= 4 is 28.3 Å². The van der Waals surface area contributed by atoms with E-state index in [4.69, 9.17) is 14.7 Å². The smallest absolute Gasteiger partial charge is 0.153 e. The number of ether oxygens (including phenoxy) is 1. The van der Waals surface area contributed by atoms with Crippen molar-refractivity contribution in [3.63, 3.8) is 0 Å². The largest absolute Gasteiger partial charge is 0.453 e. The van der Waals surface area contributed by atoms with E-state index in [2.05, 4.69) is 30.6 Å². The highest BCUT2D eigenvalue weighted by Gasteiger charge is 2.24. The second-order valence-electron chi connectivity index (χ2n) is 6.61. The number of allylic oxidation sites excluding steroid dienone is 4. The maximum Gasteiger partial charge on any atom is 0.153 e. The van der Waals surface area contributed by atoms with E-state index in [0.29, 0.717) is 5.92 Å². The molecule has 0 unspecified atom stereocenters. The molecular weight excluding hydrogens is 330 g/mol. The summed E-state index contributed by atoms with van der Waals surface area (Å²) in [6.07, 6.45) is 4.85. The summed E-state index contributed by atoms with van der Waals surface area (Å²) in [5, 5.41) is 6.64. The first-order valence-electron chi connectivity index (χ1n) is 8.54. The molecule has 0 saturated carbocycles. The third-order valence-corrected chi connectivity index (χ3v) is 5.44. The number of benzene rings is 1. The van der Waals surface area contributed by atoms with Crippen molar-refractivity contribution in [2.45, 2.75) is 26.3 Å². The predicted molar refractivity (Wildman–Crippen MR) is 104 cm³/mol. The zero-order chi connectivity index (χ0) is 17.4. The van der Waals surface area contributed by atoms with Gasteiger partial charge in [0.2, 0.25) is 0 Å². The Morgan fingerprint density at radius 2 is 2.04 bits per heavy atom. The molecule has 0 fully saturated rings. The summed E-state index contributed by atoms with van der Waals surface area (Å²) in [5.41, 5.74) is 4.09. The normalized spacial score (nSPS) is 17.0. The minimum atomic E-state index is 0.288. The number of fused-ring (bicyclic) bond motifs is 2. The first-order valence-corrected chi connectivity index (χ1v) is 9.42. The van der Waals surface area contributed by atoms with E-state index < -0.39 is 0 Å². The van der Waals surface area contributed by atoms with Gasteiger partial charge < -0.3 is 10.1 Å². The van der Waals surface area contributed by atoms with Crippen LogP contribution in [0.5, 0.6) is 5.75 Å². The SMILES string of the molecule is CN[C@@H](c1nc(C2=CC=C3Oc4ccccc4N=C3C2)cs1)C(C)C. The Morgan fingerprint density at radius 1 is 1.20 bits per heavy atom. The lowest BCUT2D eigenvalue weighted by Gasteiger charge is -2.22. The van der Waals surface area contributed by atoms with Gasteiger partial charge >= 0.3 is 0 Å². The molecule has 1 aliphatic heterocycles. The summed E-state index contributed by atoms with van der Waals surface area (Å²) in [5.74, 6) is 2.16. The van der Waals surface area contributed by atoms with E-state index in [1.165, 1.54) is 5.57 Å². The molecule has 5 heteroatoms. The summed E-state index contributed by atoms with van der Waals surface area (Å²) in [4.78, 5) is 9.65. The van der Waals surface area contributed by atoms with Crippen LogP contribution in [0.25, 0.3) is 5.57 Å². The highest BCUT2D eigenvalue weighted by molar-refractivity contribution is 7.09. The van der Waals surface area contributed by atoms with Crippen LogP contribution >= 0.6 is 11.3 Å². The molecule has 2 aromatic rings. The quantitative estimate of drug-likeness (QED) is 0.852. The summed E-state index contributed by atoms with van der Waals surface area (Å²) in [6, 6.07) is 8.17. The number of nitrogens with zero attached hydrogens (tertiary/aromatic N) is 2.